The summed E-state index contributed by atoms with van der Waals surface area (Å²) in [7, 11) is 0. The highest BCUT2D eigenvalue weighted by atomic mass is 16.2. The van der Waals surface area contributed by atoms with Gasteiger partial charge >= 0.3 is 0 Å². The minimum Gasteiger partial charge on any atom is -0.356 e. The summed E-state index contributed by atoms with van der Waals surface area (Å²) in [6.45, 7) is 7.87. The topological polar surface area (TPSA) is 75.4 Å². The van der Waals surface area contributed by atoms with Gasteiger partial charge in [0.05, 0.1) is 11.5 Å². The molecule has 122 valence electrons. The van der Waals surface area contributed by atoms with Crippen molar-refractivity contribution in [3.05, 3.63) is 0 Å². The number of rotatable bonds is 7. The number of nitrogens with two attached hydrogens (primary N) is 1. The Balaban J connectivity index is 2.55. The summed E-state index contributed by atoms with van der Waals surface area (Å²) in [6.07, 6.45) is 5.36. The van der Waals surface area contributed by atoms with Crippen molar-refractivity contribution in [2.75, 3.05) is 19.6 Å². The zero-order valence-corrected chi connectivity index (χ0v) is 13.8. The van der Waals surface area contributed by atoms with Crippen LogP contribution in [0, 0.1) is 5.92 Å². The first-order chi connectivity index (χ1) is 9.92. The van der Waals surface area contributed by atoms with Crippen molar-refractivity contribution in [2.24, 2.45) is 11.7 Å². The Hall–Kier alpha value is -1.10. The molecule has 1 saturated heterocycles. The van der Waals surface area contributed by atoms with Crippen LogP contribution in [-0.2, 0) is 9.59 Å². The number of carbonyl (C=O) groups excluding carboxylic acids is 2. The number of nitrogens with zero attached hydrogens (tertiary/aromatic N) is 1. The summed E-state index contributed by atoms with van der Waals surface area (Å²) >= 11 is 0. The van der Waals surface area contributed by atoms with E-state index in [2.05, 4.69) is 12.2 Å². The maximum atomic E-state index is 12.5. The summed E-state index contributed by atoms with van der Waals surface area (Å²) in [5.74, 6) is -0.0254. The molecule has 0 bridgehead atoms. The average Bonchev–Trinajstić information content (AvgIpc) is 2.46. The molecule has 1 aliphatic heterocycles. The first-order valence-electron chi connectivity index (χ1n) is 8.28. The molecular formula is C16H31N3O2. The SMILES string of the molecule is CCCCNC(=O)C1CCCN(C(=O)C(C)(N)CCC)C1. The normalized spacial score (nSPS) is 21.7. The minimum absolute atomic E-state index is 0.0181. The summed E-state index contributed by atoms with van der Waals surface area (Å²) in [5.41, 5.74) is 5.32. The van der Waals surface area contributed by atoms with Gasteiger partial charge in [-0.2, -0.15) is 0 Å². The maximum Gasteiger partial charge on any atom is 0.242 e. The number of hydrogen-bond acceptors (Lipinski definition) is 3. The molecule has 5 heteroatoms. The van der Waals surface area contributed by atoms with Gasteiger partial charge in [-0.3, -0.25) is 9.59 Å². The zero-order valence-electron chi connectivity index (χ0n) is 13.8. The molecule has 0 saturated carbocycles. The van der Waals surface area contributed by atoms with Gasteiger partial charge in [0.25, 0.3) is 0 Å². The first-order valence-corrected chi connectivity index (χ1v) is 8.28. The van der Waals surface area contributed by atoms with E-state index in [9.17, 15) is 9.59 Å². The van der Waals surface area contributed by atoms with E-state index in [1.165, 1.54) is 0 Å². The molecule has 0 aliphatic carbocycles. The molecule has 2 unspecified atom stereocenters. The number of unbranched alkanes of at least 4 members (excludes halogenated alkanes) is 1. The van der Waals surface area contributed by atoms with Crippen molar-refractivity contribution in [3.8, 4) is 0 Å². The van der Waals surface area contributed by atoms with Crippen LogP contribution in [0.5, 0.6) is 0 Å². The minimum atomic E-state index is -0.810. The van der Waals surface area contributed by atoms with E-state index in [0.29, 0.717) is 19.5 Å². The van der Waals surface area contributed by atoms with Crippen LogP contribution in [0.1, 0.15) is 59.3 Å². The highest BCUT2D eigenvalue weighted by Crippen LogP contribution is 2.21. The number of hydrogen-bond donors (Lipinski definition) is 2. The molecule has 0 radical (unpaired) electrons. The lowest BCUT2D eigenvalue weighted by molar-refractivity contribution is -0.140. The third-order valence-corrected chi connectivity index (χ3v) is 4.17. The Bertz CT molecular complexity index is 355. The van der Waals surface area contributed by atoms with Gasteiger partial charge in [-0.25, -0.2) is 0 Å². The first kappa shape index (κ1) is 18.0. The number of likely N-dealkylation sites (tertiary alicyclic amines) is 1. The van der Waals surface area contributed by atoms with Crippen LogP contribution < -0.4 is 11.1 Å². The lowest BCUT2D eigenvalue weighted by Crippen LogP contribution is -2.56. The van der Waals surface area contributed by atoms with E-state index in [1.54, 1.807) is 11.8 Å². The van der Waals surface area contributed by atoms with Gasteiger partial charge in [0.2, 0.25) is 11.8 Å². The molecule has 21 heavy (non-hydrogen) atoms. The molecular weight excluding hydrogens is 266 g/mol. The summed E-state index contributed by atoms with van der Waals surface area (Å²) in [5, 5.41) is 2.97. The van der Waals surface area contributed by atoms with Crippen LogP contribution in [0.2, 0.25) is 0 Å². The number of amides is 2. The highest BCUT2D eigenvalue weighted by Gasteiger charge is 2.35. The van der Waals surface area contributed by atoms with Crippen molar-refractivity contribution >= 4 is 11.8 Å². The van der Waals surface area contributed by atoms with Gasteiger partial charge in [-0.05, 0) is 32.6 Å². The number of piperidine rings is 1. The van der Waals surface area contributed by atoms with E-state index in [4.69, 9.17) is 5.73 Å². The van der Waals surface area contributed by atoms with Crippen molar-refractivity contribution in [3.63, 3.8) is 0 Å². The molecule has 0 aromatic carbocycles. The summed E-state index contributed by atoms with van der Waals surface area (Å²) in [6, 6.07) is 0. The Morgan fingerprint density at radius 3 is 2.67 bits per heavy atom. The highest BCUT2D eigenvalue weighted by molar-refractivity contribution is 5.87. The second-order valence-corrected chi connectivity index (χ2v) is 6.40. The molecule has 5 nitrogen and oxygen atoms in total. The van der Waals surface area contributed by atoms with E-state index in [-0.39, 0.29) is 17.7 Å². The summed E-state index contributed by atoms with van der Waals surface area (Å²) in [4.78, 5) is 26.4. The van der Waals surface area contributed by atoms with Gasteiger partial charge in [-0.15, -0.1) is 0 Å². The van der Waals surface area contributed by atoms with Gasteiger partial charge in [0.15, 0.2) is 0 Å². The van der Waals surface area contributed by atoms with Gasteiger partial charge in [0, 0.05) is 19.6 Å². The predicted molar refractivity (Wildman–Crippen MR) is 84.7 cm³/mol. The lowest BCUT2D eigenvalue weighted by atomic mass is 9.91. The quantitative estimate of drug-likeness (QED) is 0.702. The molecule has 3 N–H and O–H groups in total. The van der Waals surface area contributed by atoms with Crippen molar-refractivity contribution in [2.45, 2.75) is 64.8 Å². The maximum absolute atomic E-state index is 12.5. The Morgan fingerprint density at radius 1 is 1.33 bits per heavy atom. The monoisotopic (exact) mass is 297 g/mol. The van der Waals surface area contributed by atoms with Crippen LogP contribution in [0.25, 0.3) is 0 Å². The molecule has 0 aromatic rings. The van der Waals surface area contributed by atoms with Gasteiger partial charge in [0.1, 0.15) is 0 Å². The van der Waals surface area contributed by atoms with Crippen LogP contribution in [0.15, 0.2) is 0 Å². The van der Waals surface area contributed by atoms with Crippen LogP contribution in [0.4, 0.5) is 0 Å². The third kappa shape index (κ3) is 5.30. The fourth-order valence-corrected chi connectivity index (χ4v) is 2.90. The molecule has 1 fully saturated rings. The van der Waals surface area contributed by atoms with Crippen LogP contribution in [0.3, 0.4) is 0 Å². The molecule has 0 aromatic heterocycles. The van der Waals surface area contributed by atoms with Crippen molar-refractivity contribution < 1.29 is 9.59 Å². The second kappa shape index (κ2) is 8.37. The van der Waals surface area contributed by atoms with Crippen LogP contribution >= 0.6 is 0 Å². The fourth-order valence-electron chi connectivity index (χ4n) is 2.90. The number of nitrogens with one attached hydrogen (secondary N) is 1. The predicted octanol–water partition coefficient (Wildman–Crippen LogP) is 1.66. The van der Waals surface area contributed by atoms with Gasteiger partial charge in [-0.1, -0.05) is 26.7 Å². The Kier molecular flexibility index (Phi) is 7.15. The van der Waals surface area contributed by atoms with Crippen molar-refractivity contribution in [1.29, 1.82) is 0 Å². The van der Waals surface area contributed by atoms with E-state index in [0.717, 1.165) is 38.6 Å². The second-order valence-electron chi connectivity index (χ2n) is 6.40. The van der Waals surface area contributed by atoms with Gasteiger partial charge < -0.3 is 16.0 Å². The van der Waals surface area contributed by atoms with E-state index >= 15 is 0 Å². The largest absolute Gasteiger partial charge is 0.356 e. The smallest absolute Gasteiger partial charge is 0.242 e. The molecule has 1 heterocycles. The third-order valence-electron chi connectivity index (χ3n) is 4.17. The molecule has 2 atom stereocenters. The number of carbonyl (C=O) groups is 2. The molecule has 0 spiro atoms. The van der Waals surface area contributed by atoms with E-state index < -0.39 is 5.54 Å². The van der Waals surface area contributed by atoms with Crippen LogP contribution in [-0.4, -0.2) is 41.9 Å². The lowest BCUT2D eigenvalue weighted by Gasteiger charge is -2.37. The zero-order chi connectivity index (χ0) is 15.9. The molecule has 1 aliphatic rings. The Morgan fingerprint density at radius 2 is 2.05 bits per heavy atom. The standard InChI is InChI=1S/C16H31N3O2/c1-4-6-10-18-14(20)13-8-7-11-19(12-13)15(21)16(3,17)9-5-2/h13H,4-12,17H2,1-3H3,(H,18,20). The average molecular weight is 297 g/mol. The summed E-state index contributed by atoms with van der Waals surface area (Å²) < 4.78 is 0. The molecule has 2 amide bonds. The molecule has 1 rings (SSSR count). The van der Waals surface area contributed by atoms with Crippen molar-refractivity contribution in [1.82, 2.24) is 10.2 Å². The fraction of sp³-hybridized carbons (Fsp3) is 0.875. The Labute approximate surface area is 128 Å². The van der Waals surface area contributed by atoms with E-state index in [1.807, 2.05) is 6.92 Å².